The number of esters is 1. The van der Waals surface area contributed by atoms with Crippen molar-refractivity contribution in [3.05, 3.63) is 35.1 Å². The minimum Gasteiger partial charge on any atom is -0.469 e. The van der Waals surface area contributed by atoms with Crippen molar-refractivity contribution in [2.24, 2.45) is 51.8 Å². The van der Waals surface area contributed by atoms with Crippen LogP contribution in [-0.4, -0.2) is 58.8 Å². The third kappa shape index (κ3) is 5.40. The highest BCUT2D eigenvalue weighted by Gasteiger charge is 2.71. The van der Waals surface area contributed by atoms with Crippen molar-refractivity contribution in [1.82, 2.24) is 20.3 Å². The van der Waals surface area contributed by atoms with Crippen molar-refractivity contribution in [3.63, 3.8) is 0 Å². The standard InChI is InChI=1S/C37H54N4O6/c1-21(2)25-20-37-16-11-28-35(5,14-8-15-36(28,6)34(42)43-7)29(37)19-24(25)32-26(44-17-12-30-38-22(3)46-40-30)9-10-27(33(32)37)45-18-13-31-39-23(4)47-41-31/h20-21,24,26-29,32-33H,8-19H2,1-7H3/t24-,26-,27-,28+,29+,32-,33+,35-,36+,37-/m0/s1. The molecule has 0 aromatic carbocycles. The van der Waals surface area contributed by atoms with Crippen molar-refractivity contribution in [1.29, 1.82) is 0 Å². The average Bonchev–Trinajstić information content (AvgIpc) is 3.67. The van der Waals surface area contributed by atoms with E-state index < -0.39 is 5.41 Å². The monoisotopic (exact) mass is 650 g/mol. The van der Waals surface area contributed by atoms with Crippen LogP contribution < -0.4 is 0 Å². The van der Waals surface area contributed by atoms with Gasteiger partial charge in [0.05, 0.1) is 37.9 Å². The SMILES string of the molecule is COC(=O)[C@]1(C)CCC[C@]2(C)[C@H]3C[C@H]4C(C(C)C)=C[C@]3(CC[C@H]21)[C@H]1[C@@H]4[C@@H](OCCc2noc(C)n2)CC[C@@H]1OCCc1noc(C)n1. The van der Waals surface area contributed by atoms with Crippen molar-refractivity contribution in [2.75, 3.05) is 20.3 Å². The Kier molecular flexibility index (Phi) is 8.68. The third-order valence-electron chi connectivity index (χ3n) is 13.5. The molecule has 4 fully saturated rings. The van der Waals surface area contributed by atoms with Gasteiger partial charge in [0.1, 0.15) is 0 Å². The van der Waals surface area contributed by atoms with Crippen LogP contribution >= 0.6 is 0 Å². The van der Waals surface area contributed by atoms with E-state index in [4.69, 9.17) is 23.3 Å². The second-order valence-electron chi connectivity index (χ2n) is 16.1. The maximum Gasteiger partial charge on any atom is 0.311 e. The molecule has 2 bridgehead atoms. The van der Waals surface area contributed by atoms with Crippen LogP contribution in [0.1, 0.15) is 102 Å². The van der Waals surface area contributed by atoms with Crippen LogP contribution in [-0.2, 0) is 31.8 Å². The third-order valence-corrected chi connectivity index (χ3v) is 13.5. The fraction of sp³-hybridized carbons (Fsp3) is 0.811. The van der Waals surface area contributed by atoms with Gasteiger partial charge in [-0.3, -0.25) is 4.79 Å². The number of aromatic nitrogens is 4. The molecule has 8 rings (SSSR count). The van der Waals surface area contributed by atoms with E-state index in [2.05, 4.69) is 54.1 Å². The van der Waals surface area contributed by atoms with E-state index in [1.165, 1.54) is 6.42 Å². The lowest BCUT2D eigenvalue weighted by atomic mass is 9.33. The smallest absolute Gasteiger partial charge is 0.311 e. The van der Waals surface area contributed by atoms with E-state index >= 15 is 0 Å². The number of hydrogen-bond acceptors (Lipinski definition) is 10. The molecule has 10 atom stereocenters. The van der Waals surface area contributed by atoms with Gasteiger partial charge in [-0.1, -0.05) is 49.2 Å². The minimum absolute atomic E-state index is 0.00115. The number of nitrogens with zero attached hydrogens (tertiary/aromatic N) is 4. The van der Waals surface area contributed by atoms with Gasteiger partial charge in [0, 0.05) is 32.6 Å². The Morgan fingerprint density at radius 2 is 1.55 bits per heavy atom. The largest absolute Gasteiger partial charge is 0.469 e. The Morgan fingerprint density at radius 3 is 2.15 bits per heavy atom. The van der Waals surface area contributed by atoms with Crippen molar-refractivity contribution >= 4 is 5.97 Å². The molecule has 0 N–H and O–H groups in total. The molecular weight excluding hydrogens is 596 g/mol. The number of aryl methyl sites for hydroxylation is 2. The summed E-state index contributed by atoms with van der Waals surface area (Å²) in [7, 11) is 1.56. The lowest BCUT2D eigenvalue weighted by molar-refractivity contribution is -0.239. The van der Waals surface area contributed by atoms with Crippen LogP contribution in [0.25, 0.3) is 0 Å². The first-order valence-corrected chi connectivity index (χ1v) is 18.1. The Labute approximate surface area is 279 Å². The van der Waals surface area contributed by atoms with Crippen LogP contribution in [0.3, 0.4) is 0 Å². The van der Waals surface area contributed by atoms with E-state index in [9.17, 15) is 4.79 Å². The summed E-state index contributed by atoms with van der Waals surface area (Å²) in [4.78, 5) is 22.2. The highest BCUT2D eigenvalue weighted by molar-refractivity contribution is 5.77. The van der Waals surface area contributed by atoms with Gasteiger partial charge in [-0.05, 0) is 92.3 Å². The van der Waals surface area contributed by atoms with E-state index in [0.29, 0.717) is 85.0 Å². The summed E-state index contributed by atoms with van der Waals surface area (Å²) in [6.45, 7) is 14.3. The molecule has 4 saturated carbocycles. The van der Waals surface area contributed by atoms with Crippen LogP contribution in [0.5, 0.6) is 0 Å². The molecule has 10 heteroatoms. The van der Waals surface area contributed by atoms with Gasteiger partial charge in [0.25, 0.3) is 0 Å². The van der Waals surface area contributed by atoms with Crippen LogP contribution in [0.4, 0.5) is 0 Å². The number of carbonyl (C=O) groups is 1. The Morgan fingerprint density at radius 1 is 0.915 bits per heavy atom. The summed E-state index contributed by atoms with van der Waals surface area (Å²) in [5, 5.41) is 8.23. The number of rotatable bonds is 10. The summed E-state index contributed by atoms with van der Waals surface area (Å²) < 4.78 is 29.7. The molecule has 0 aliphatic heterocycles. The number of methoxy groups -OCH3 is 1. The predicted molar refractivity (Wildman–Crippen MR) is 173 cm³/mol. The number of hydrogen-bond donors (Lipinski definition) is 0. The maximum atomic E-state index is 13.4. The lowest BCUT2D eigenvalue weighted by Gasteiger charge is -2.72. The van der Waals surface area contributed by atoms with Crippen molar-refractivity contribution < 1.29 is 28.1 Å². The fourth-order valence-electron chi connectivity index (χ4n) is 11.8. The number of fused-ring (bicyclic) bond motifs is 1. The van der Waals surface area contributed by atoms with E-state index in [-0.39, 0.29) is 29.0 Å². The highest BCUT2D eigenvalue weighted by Crippen LogP contribution is 2.75. The molecule has 2 aromatic rings. The molecule has 0 amide bonds. The summed E-state index contributed by atoms with van der Waals surface area (Å²) in [6.07, 6.45) is 12.7. The quantitative estimate of drug-likeness (QED) is 0.204. The molecule has 0 unspecified atom stereocenters. The number of carbonyl (C=O) groups excluding carboxylic acids is 1. The van der Waals surface area contributed by atoms with Gasteiger partial charge >= 0.3 is 5.97 Å². The first kappa shape index (κ1) is 32.9. The second-order valence-corrected chi connectivity index (χ2v) is 16.1. The van der Waals surface area contributed by atoms with Gasteiger partial charge < -0.3 is 23.3 Å². The average molecular weight is 651 g/mol. The molecule has 6 aliphatic carbocycles. The first-order valence-electron chi connectivity index (χ1n) is 18.1. The normalized spacial score (nSPS) is 39.2. The van der Waals surface area contributed by atoms with E-state index in [1.807, 2.05) is 13.8 Å². The summed E-state index contributed by atoms with van der Waals surface area (Å²) >= 11 is 0. The predicted octanol–water partition coefficient (Wildman–Crippen LogP) is 6.65. The molecule has 47 heavy (non-hydrogen) atoms. The second kappa shape index (κ2) is 12.4. The summed E-state index contributed by atoms with van der Waals surface area (Å²) in [5.74, 6) is 4.98. The highest BCUT2D eigenvalue weighted by atomic mass is 16.5. The molecule has 258 valence electrons. The van der Waals surface area contributed by atoms with Gasteiger partial charge in [-0.2, -0.15) is 9.97 Å². The summed E-state index contributed by atoms with van der Waals surface area (Å²) in [6, 6.07) is 0. The van der Waals surface area contributed by atoms with Crippen LogP contribution in [0, 0.1) is 65.6 Å². The zero-order valence-corrected chi connectivity index (χ0v) is 29.4. The zero-order chi connectivity index (χ0) is 33.1. The topological polar surface area (TPSA) is 123 Å². The molecule has 2 aromatic heterocycles. The maximum absolute atomic E-state index is 13.4. The van der Waals surface area contributed by atoms with Crippen molar-refractivity contribution in [3.8, 4) is 0 Å². The molecule has 6 aliphatic rings. The number of allylic oxidation sites excluding steroid dienone is 2. The minimum atomic E-state index is -0.436. The Bertz CT molecular complexity index is 1480. The number of ether oxygens (including phenoxy) is 3. The molecule has 0 saturated heterocycles. The van der Waals surface area contributed by atoms with Gasteiger partial charge in [-0.15, -0.1) is 0 Å². The fourth-order valence-corrected chi connectivity index (χ4v) is 11.8. The van der Waals surface area contributed by atoms with Crippen molar-refractivity contribution in [2.45, 2.75) is 118 Å². The molecule has 10 nitrogen and oxygen atoms in total. The van der Waals surface area contributed by atoms with E-state index in [0.717, 1.165) is 44.9 Å². The van der Waals surface area contributed by atoms with E-state index in [1.54, 1.807) is 12.7 Å². The van der Waals surface area contributed by atoms with Crippen LogP contribution in [0.15, 0.2) is 20.7 Å². The van der Waals surface area contributed by atoms with Crippen LogP contribution in [0.2, 0.25) is 0 Å². The molecule has 0 radical (unpaired) electrons. The zero-order valence-electron chi connectivity index (χ0n) is 29.4. The van der Waals surface area contributed by atoms with Gasteiger partial charge in [-0.25, -0.2) is 0 Å². The molecular formula is C37H54N4O6. The lowest BCUT2D eigenvalue weighted by Crippen LogP contribution is -2.68. The Balaban J connectivity index is 1.23. The molecule has 2 heterocycles. The van der Waals surface area contributed by atoms with Gasteiger partial charge in [0.2, 0.25) is 11.8 Å². The Hall–Kier alpha value is -2.59. The first-order chi connectivity index (χ1) is 22.5. The summed E-state index contributed by atoms with van der Waals surface area (Å²) in [5.41, 5.74) is 1.23. The molecule has 1 spiro atoms. The van der Waals surface area contributed by atoms with Gasteiger partial charge in [0.15, 0.2) is 11.6 Å².